The monoisotopic (exact) mass is 416 g/mol. The second-order valence-electron chi connectivity index (χ2n) is 7.13. The number of amides is 2. The van der Waals surface area contributed by atoms with E-state index in [1.165, 1.54) is 25.3 Å². The van der Waals surface area contributed by atoms with Crippen LogP contribution in [0.15, 0.2) is 53.4 Å². The number of likely N-dealkylation sites (tertiary alicyclic amines) is 1. The van der Waals surface area contributed by atoms with Crippen molar-refractivity contribution >= 4 is 21.8 Å². The molecule has 1 aliphatic heterocycles. The molecule has 0 saturated carbocycles. The van der Waals surface area contributed by atoms with E-state index in [1.807, 2.05) is 37.3 Å². The zero-order valence-electron chi connectivity index (χ0n) is 16.6. The Morgan fingerprint density at radius 1 is 1.21 bits per heavy atom. The largest absolute Gasteiger partial charge is 0.496 e. The summed E-state index contributed by atoms with van der Waals surface area (Å²) in [6, 6.07) is 13.7. The summed E-state index contributed by atoms with van der Waals surface area (Å²) in [6.45, 7) is 3.79. The van der Waals surface area contributed by atoms with E-state index in [-0.39, 0.29) is 29.8 Å². The van der Waals surface area contributed by atoms with Gasteiger partial charge in [0.25, 0.3) is 10.0 Å². The second kappa shape index (κ2) is 8.24. The molecule has 1 aliphatic rings. The maximum absolute atomic E-state index is 12.6. The lowest BCUT2D eigenvalue weighted by Gasteiger charge is -2.25. The Kier molecular flexibility index (Phi) is 5.93. The van der Waals surface area contributed by atoms with Crippen LogP contribution in [0.2, 0.25) is 0 Å². The first-order valence-electron chi connectivity index (χ1n) is 9.28. The van der Waals surface area contributed by atoms with Crippen LogP contribution in [0.5, 0.6) is 5.75 Å². The Labute approximate surface area is 170 Å². The number of hydrogen-bond donors (Lipinski definition) is 1. The fourth-order valence-corrected chi connectivity index (χ4v) is 4.61. The zero-order chi connectivity index (χ0) is 21.2. The molecule has 0 aromatic heterocycles. The first kappa shape index (κ1) is 20.9. The van der Waals surface area contributed by atoms with Gasteiger partial charge in [-0.3, -0.25) is 9.59 Å². The number of carbonyl (C=O) groups is 2. The number of carbonyl (C=O) groups excluding carboxylic acids is 2. The third-order valence-electron chi connectivity index (χ3n) is 5.19. The topological polar surface area (TPSA) is 92.8 Å². The molecule has 154 valence electrons. The predicted octanol–water partition coefficient (Wildman–Crippen LogP) is 2.42. The summed E-state index contributed by atoms with van der Waals surface area (Å²) in [5, 5.41) is 0. The zero-order valence-corrected chi connectivity index (χ0v) is 17.4. The van der Waals surface area contributed by atoms with Crippen LogP contribution < -0.4 is 9.46 Å². The molecule has 1 heterocycles. The molecule has 0 aliphatic carbocycles. The predicted molar refractivity (Wildman–Crippen MR) is 108 cm³/mol. The molecule has 29 heavy (non-hydrogen) atoms. The molecule has 0 radical (unpaired) electrons. The SMILES string of the molecule is COc1ccc(S(=O)(=O)NC(=O)C2CC(=O)N(C(C)c3ccccc3)C2)cc1C. The number of nitrogens with zero attached hydrogens (tertiary/aromatic N) is 1. The maximum Gasteiger partial charge on any atom is 0.264 e. The molecule has 2 unspecified atom stereocenters. The summed E-state index contributed by atoms with van der Waals surface area (Å²) >= 11 is 0. The molecule has 2 aromatic rings. The van der Waals surface area contributed by atoms with Crippen molar-refractivity contribution in [1.82, 2.24) is 9.62 Å². The summed E-state index contributed by atoms with van der Waals surface area (Å²) in [5.74, 6) is -1.00. The van der Waals surface area contributed by atoms with Gasteiger partial charge in [-0.2, -0.15) is 0 Å². The molecule has 0 spiro atoms. The van der Waals surface area contributed by atoms with E-state index < -0.39 is 21.8 Å². The van der Waals surface area contributed by atoms with Crippen molar-refractivity contribution in [2.45, 2.75) is 31.2 Å². The maximum atomic E-state index is 12.6. The van der Waals surface area contributed by atoms with E-state index >= 15 is 0 Å². The summed E-state index contributed by atoms with van der Waals surface area (Å²) in [4.78, 5) is 26.6. The van der Waals surface area contributed by atoms with Crippen LogP contribution in [0.4, 0.5) is 0 Å². The van der Waals surface area contributed by atoms with Gasteiger partial charge in [0, 0.05) is 13.0 Å². The van der Waals surface area contributed by atoms with Crippen LogP contribution in [0.3, 0.4) is 0 Å². The van der Waals surface area contributed by atoms with Gasteiger partial charge in [-0.15, -0.1) is 0 Å². The average Bonchev–Trinajstić information content (AvgIpc) is 3.09. The molecule has 8 heteroatoms. The lowest BCUT2D eigenvalue weighted by atomic mass is 10.1. The molecule has 2 aromatic carbocycles. The van der Waals surface area contributed by atoms with Crippen LogP contribution in [0.1, 0.15) is 30.5 Å². The fourth-order valence-electron chi connectivity index (χ4n) is 3.49. The average molecular weight is 416 g/mol. The third-order valence-corrected chi connectivity index (χ3v) is 6.53. The second-order valence-corrected chi connectivity index (χ2v) is 8.82. The van der Waals surface area contributed by atoms with Gasteiger partial charge >= 0.3 is 0 Å². The van der Waals surface area contributed by atoms with Gasteiger partial charge in [-0.1, -0.05) is 30.3 Å². The van der Waals surface area contributed by atoms with Gasteiger partial charge in [0.1, 0.15) is 5.75 Å². The molecule has 1 fully saturated rings. The van der Waals surface area contributed by atoms with Crippen molar-refractivity contribution in [3.8, 4) is 5.75 Å². The molecular weight excluding hydrogens is 392 g/mol. The Balaban J connectivity index is 1.71. The summed E-state index contributed by atoms with van der Waals surface area (Å²) in [7, 11) is -2.54. The van der Waals surface area contributed by atoms with E-state index in [4.69, 9.17) is 4.74 Å². The highest BCUT2D eigenvalue weighted by Crippen LogP contribution is 2.29. The number of nitrogens with one attached hydrogen (secondary N) is 1. The molecule has 7 nitrogen and oxygen atoms in total. The first-order chi connectivity index (χ1) is 13.7. The molecule has 3 rings (SSSR count). The van der Waals surface area contributed by atoms with Crippen molar-refractivity contribution < 1.29 is 22.7 Å². The van der Waals surface area contributed by atoms with Crippen molar-refractivity contribution in [3.05, 3.63) is 59.7 Å². The minimum absolute atomic E-state index is 0.0137. The normalized spacial score (nSPS) is 17.8. The Hall–Kier alpha value is -2.87. The number of rotatable bonds is 6. The highest BCUT2D eigenvalue weighted by Gasteiger charge is 2.38. The minimum atomic E-state index is -4.04. The van der Waals surface area contributed by atoms with Crippen molar-refractivity contribution in [3.63, 3.8) is 0 Å². The number of aryl methyl sites for hydroxylation is 1. The number of benzene rings is 2. The van der Waals surface area contributed by atoms with E-state index in [0.717, 1.165) is 5.56 Å². The van der Waals surface area contributed by atoms with E-state index in [2.05, 4.69) is 4.72 Å². The molecule has 1 N–H and O–H groups in total. The standard InChI is InChI=1S/C21H24N2O5S/c1-14-11-18(9-10-19(14)28-3)29(26,27)22-21(25)17-12-20(24)23(13-17)15(2)16-7-5-4-6-8-16/h4-11,15,17H,12-13H2,1-3H3,(H,22,25). The number of methoxy groups -OCH3 is 1. The van der Waals surface area contributed by atoms with Crippen LogP contribution in [-0.2, 0) is 19.6 Å². The highest BCUT2D eigenvalue weighted by molar-refractivity contribution is 7.90. The van der Waals surface area contributed by atoms with E-state index in [0.29, 0.717) is 11.3 Å². The first-order valence-corrected chi connectivity index (χ1v) is 10.8. The Bertz CT molecular complexity index is 1020. The van der Waals surface area contributed by atoms with Crippen LogP contribution in [0.25, 0.3) is 0 Å². The number of sulfonamides is 1. The molecule has 2 atom stereocenters. The lowest BCUT2D eigenvalue weighted by molar-refractivity contribution is -0.130. The van der Waals surface area contributed by atoms with Crippen molar-refractivity contribution in [1.29, 1.82) is 0 Å². The van der Waals surface area contributed by atoms with Gasteiger partial charge in [0.05, 0.1) is 24.0 Å². The smallest absolute Gasteiger partial charge is 0.264 e. The van der Waals surface area contributed by atoms with Crippen LogP contribution >= 0.6 is 0 Å². The minimum Gasteiger partial charge on any atom is -0.496 e. The quantitative estimate of drug-likeness (QED) is 0.781. The van der Waals surface area contributed by atoms with Gasteiger partial charge in [0.15, 0.2) is 0 Å². The molecule has 1 saturated heterocycles. The van der Waals surface area contributed by atoms with Crippen molar-refractivity contribution in [2.75, 3.05) is 13.7 Å². The van der Waals surface area contributed by atoms with Gasteiger partial charge in [-0.25, -0.2) is 13.1 Å². The van der Waals surface area contributed by atoms with Gasteiger partial charge in [0.2, 0.25) is 11.8 Å². The van der Waals surface area contributed by atoms with Crippen LogP contribution in [-0.4, -0.2) is 38.8 Å². The summed E-state index contributed by atoms with van der Waals surface area (Å²) < 4.78 is 32.4. The van der Waals surface area contributed by atoms with Gasteiger partial charge in [-0.05, 0) is 43.2 Å². The fraction of sp³-hybridized carbons (Fsp3) is 0.333. The summed E-state index contributed by atoms with van der Waals surface area (Å²) in [5.41, 5.74) is 1.60. The lowest BCUT2D eigenvalue weighted by Crippen LogP contribution is -2.37. The number of ether oxygens (including phenoxy) is 1. The van der Waals surface area contributed by atoms with E-state index in [9.17, 15) is 18.0 Å². The molecule has 0 bridgehead atoms. The Morgan fingerprint density at radius 3 is 2.52 bits per heavy atom. The van der Waals surface area contributed by atoms with Crippen LogP contribution in [0, 0.1) is 12.8 Å². The van der Waals surface area contributed by atoms with E-state index in [1.54, 1.807) is 11.8 Å². The molecular formula is C21H24N2O5S. The summed E-state index contributed by atoms with van der Waals surface area (Å²) in [6.07, 6.45) is -0.0137. The van der Waals surface area contributed by atoms with Gasteiger partial charge < -0.3 is 9.64 Å². The third kappa shape index (κ3) is 4.42. The highest BCUT2D eigenvalue weighted by atomic mass is 32.2. The Morgan fingerprint density at radius 2 is 1.90 bits per heavy atom. The number of hydrogen-bond acceptors (Lipinski definition) is 5. The van der Waals surface area contributed by atoms with Crippen molar-refractivity contribution in [2.24, 2.45) is 5.92 Å². The molecule has 2 amide bonds.